The second kappa shape index (κ2) is 4.07. The van der Waals surface area contributed by atoms with Gasteiger partial charge in [0, 0.05) is 12.2 Å². The molecule has 3 rings (SSSR count). The number of amides is 1. The van der Waals surface area contributed by atoms with Crippen molar-refractivity contribution in [3.63, 3.8) is 0 Å². The first-order chi connectivity index (χ1) is 8.57. The standard InChI is InChI=1S/C12H14N2O3S/c15-12-6-8-5-9(1-2-11(8)14-12)18(16,17)10-3-4-13-7-10/h1-2,5,10,13H,3-4,6-7H2,(H,14,15). The minimum atomic E-state index is -3.28. The summed E-state index contributed by atoms with van der Waals surface area (Å²) in [5.41, 5.74) is 1.50. The molecule has 2 aliphatic heterocycles. The first kappa shape index (κ1) is 11.7. The molecule has 0 spiro atoms. The molecule has 0 saturated carbocycles. The number of sulfone groups is 1. The Morgan fingerprint density at radius 1 is 1.28 bits per heavy atom. The predicted octanol–water partition coefficient (Wildman–Crippen LogP) is 0.317. The lowest BCUT2D eigenvalue weighted by Crippen LogP contribution is -2.24. The summed E-state index contributed by atoms with van der Waals surface area (Å²) < 4.78 is 24.7. The molecule has 1 atom stereocenters. The van der Waals surface area contributed by atoms with Crippen LogP contribution in [0.2, 0.25) is 0 Å². The summed E-state index contributed by atoms with van der Waals surface area (Å²) in [6.07, 6.45) is 0.915. The first-order valence-corrected chi connectivity index (χ1v) is 7.49. The van der Waals surface area contributed by atoms with Crippen molar-refractivity contribution in [2.45, 2.75) is 23.0 Å². The predicted molar refractivity (Wildman–Crippen MR) is 67.2 cm³/mol. The van der Waals surface area contributed by atoms with Crippen LogP contribution in [0.25, 0.3) is 0 Å². The fourth-order valence-corrected chi connectivity index (χ4v) is 4.18. The monoisotopic (exact) mass is 266 g/mol. The van der Waals surface area contributed by atoms with Gasteiger partial charge in [-0.05, 0) is 36.7 Å². The summed E-state index contributed by atoms with van der Waals surface area (Å²) in [4.78, 5) is 11.6. The third-order valence-electron chi connectivity index (χ3n) is 3.48. The highest BCUT2D eigenvalue weighted by molar-refractivity contribution is 7.92. The molecule has 0 bridgehead atoms. The van der Waals surface area contributed by atoms with E-state index in [-0.39, 0.29) is 17.6 Å². The average molecular weight is 266 g/mol. The molecular weight excluding hydrogens is 252 g/mol. The molecule has 96 valence electrons. The number of benzene rings is 1. The second-order valence-corrected chi connectivity index (χ2v) is 6.93. The zero-order valence-corrected chi connectivity index (χ0v) is 10.6. The molecule has 2 heterocycles. The molecule has 0 radical (unpaired) electrons. The quantitative estimate of drug-likeness (QED) is 0.808. The van der Waals surface area contributed by atoms with Crippen molar-refractivity contribution >= 4 is 21.4 Å². The molecule has 1 aromatic carbocycles. The minimum absolute atomic E-state index is 0.0814. The Hall–Kier alpha value is -1.40. The van der Waals surface area contributed by atoms with Crippen molar-refractivity contribution in [2.24, 2.45) is 0 Å². The van der Waals surface area contributed by atoms with Crippen LogP contribution in [0.5, 0.6) is 0 Å². The second-order valence-electron chi connectivity index (χ2n) is 4.70. The molecule has 18 heavy (non-hydrogen) atoms. The number of hydrogen-bond donors (Lipinski definition) is 2. The van der Waals surface area contributed by atoms with E-state index < -0.39 is 9.84 Å². The summed E-state index contributed by atoms with van der Waals surface area (Å²) in [6, 6.07) is 4.88. The third kappa shape index (κ3) is 1.81. The number of nitrogens with one attached hydrogen (secondary N) is 2. The summed E-state index contributed by atoms with van der Waals surface area (Å²) in [5.74, 6) is -0.0814. The van der Waals surface area contributed by atoms with Crippen LogP contribution in [-0.4, -0.2) is 32.7 Å². The van der Waals surface area contributed by atoms with Gasteiger partial charge in [-0.2, -0.15) is 0 Å². The molecule has 1 amide bonds. The molecule has 2 N–H and O–H groups in total. The maximum atomic E-state index is 12.4. The number of carbonyl (C=O) groups excluding carboxylic acids is 1. The lowest BCUT2D eigenvalue weighted by molar-refractivity contribution is -0.115. The number of rotatable bonds is 2. The van der Waals surface area contributed by atoms with Gasteiger partial charge in [-0.25, -0.2) is 8.42 Å². The zero-order chi connectivity index (χ0) is 12.8. The van der Waals surface area contributed by atoms with Crippen molar-refractivity contribution in [3.8, 4) is 0 Å². The van der Waals surface area contributed by atoms with E-state index >= 15 is 0 Å². The van der Waals surface area contributed by atoms with E-state index in [2.05, 4.69) is 10.6 Å². The van der Waals surface area contributed by atoms with Crippen molar-refractivity contribution in [2.75, 3.05) is 18.4 Å². The molecule has 1 unspecified atom stereocenters. The van der Waals surface area contributed by atoms with Crippen molar-refractivity contribution < 1.29 is 13.2 Å². The fraction of sp³-hybridized carbons (Fsp3) is 0.417. The number of carbonyl (C=O) groups is 1. The van der Waals surface area contributed by atoms with Crippen LogP contribution in [0.1, 0.15) is 12.0 Å². The van der Waals surface area contributed by atoms with Gasteiger partial charge in [0.25, 0.3) is 0 Å². The maximum absolute atomic E-state index is 12.4. The topological polar surface area (TPSA) is 75.3 Å². The summed E-state index contributed by atoms with van der Waals surface area (Å²) in [5, 5.41) is 5.41. The zero-order valence-electron chi connectivity index (χ0n) is 9.77. The molecule has 1 saturated heterocycles. The highest BCUT2D eigenvalue weighted by atomic mass is 32.2. The van der Waals surface area contributed by atoms with Crippen LogP contribution in [0.3, 0.4) is 0 Å². The van der Waals surface area contributed by atoms with Crippen LogP contribution in [-0.2, 0) is 21.1 Å². The van der Waals surface area contributed by atoms with Gasteiger partial charge in [-0.3, -0.25) is 4.79 Å². The number of anilines is 1. The van der Waals surface area contributed by atoms with Crippen LogP contribution >= 0.6 is 0 Å². The van der Waals surface area contributed by atoms with E-state index in [9.17, 15) is 13.2 Å². The lowest BCUT2D eigenvalue weighted by atomic mass is 10.2. The van der Waals surface area contributed by atoms with Gasteiger partial charge >= 0.3 is 0 Å². The summed E-state index contributed by atoms with van der Waals surface area (Å²) in [7, 11) is -3.28. The fourth-order valence-electron chi connectivity index (χ4n) is 2.47. The first-order valence-electron chi connectivity index (χ1n) is 5.95. The molecule has 0 aromatic heterocycles. The van der Waals surface area contributed by atoms with E-state index in [0.717, 1.165) is 17.8 Å². The maximum Gasteiger partial charge on any atom is 0.228 e. The molecule has 2 aliphatic rings. The third-order valence-corrected chi connectivity index (χ3v) is 5.68. The van der Waals surface area contributed by atoms with Crippen molar-refractivity contribution in [3.05, 3.63) is 23.8 Å². The highest BCUT2D eigenvalue weighted by Crippen LogP contribution is 2.28. The molecule has 0 aliphatic carbocycles. The Labute approximate surface area is 105 Å². The molecule has 1 aromatic rings. The number of hydrogen-bond acceptors (Lipinski definition) is 4. The Morgan fingerprint density at radius 3 is 2.83 bits per heavy atom. The summed E-state index contributed by atoms with van der Waals surface area (Å²) >= 11 is 0. The lowest BCUT2D eigenvalue weighted by Gasteiger charge is -2.11. The van der Waals surface area contributed by atoms with E-state index in [1.165, 1.54) is 0 Å². The van der Waals surface area contributed by atoms with E-state index in [4.69, 9.17) is 0 Å². The van der Waals surface area contributed by atoms with E-state index in [1.807, 2.05) is 0 Å². The molecule has 6 heteroatoms. The van der Waals surface area contributed by atoms with Gasteiger partial charge in [-0.1, -0.05) is 0 Å². The highest BCUT2D eigenvalue weighted by Gasteiger charge is 2.31. The van der Waals surface area contributed by atoms with Gasteiger partial charge in [0.05, 0.1) is 16.6 Å². The van der Waals surface area contributed by atoms with Crippen LogP contribution < -0.4 is 10.6 Å². The van der Waals surface area contributed by atoms with Crippen molar-refractivity contribution in [1.82, 2.24) is 5.32 Å². The Morgan fingerprint density at radius 2 is 2.11 bits per heavy atom. The summed E-state index contributed by atoms with van der Waals surface area (Å²) in [6.45, 7) is 1.26. The smallest absolute Gasteiger partial charge is 0.228 e. The average Bonchev–Trinajstić information content (AvgIpc) is 2.95. The molecule has 5 nitrogen and oxygen atoms in total. The largest absolute Gasteiger partial charge is 0.326 e. The van der Waals surface area contributed by atoms with Crippen molar-refractivity contribution in [1.29, 1.82) is 0 Å². The van der Waals surface area contributed by atoms with Gasteiger partial charge in [0.1, 0.15) is 0 Å². The van der Waals surface area contributed by atoms with Gasteiger partial charge < -0.3 is 10.6 Å². The van der Waals surface area contributed by atoms with Gasteiger partial charge in [0.2, 0.25) is 5.91 Å². The van der Waals surface area contributed by atoms with E-state index in [1.54, 1.807) is 18.2 Å². The van der Waals surface area contributed by atoms with Crippen LogP contribution in [0.4, 0.5) is 5.69 Å². The number of fused-ring (bicyclic) bond motifs is 1. The van der Waals surface area contributed by atoms with E-state index in [0.29, 0.717) is 17.9 Å². The van der Waals surface area contributed by atoms with Gasteiger partial charge in [-0.15, -0.1) is 0 Å². The Balaban J connectivity index is 1.98. The normalized spacial score (nSPS) is 22.9. The van der Waals surface area contributed by atoms with Crippen LogP contribution in [0, 0.1) is 0 Å². The van der Waals surface area contributed by atoms with Gasteiger partial charge in [0.15, 0.2) is 9.84 Å². The van der Waals surface area contributed by atoms with Crippen LogP contribution in [0.15, 0.2) is 23.1 Å². The molecule has 1 fully saturated rings. The molecular formula is C12H14N2O3S. The SMILES string of the molecule is O=C1Cc2cc(S(=O)(=O)C3CCNC3)ccc2N1. The minimum Gasteiger partial charge on any atom is -0.326 e. The Kier molecular flexibility index (Phi) is 2.64. The Bertz CT molecular complexity index is 604.